The van der Waals surface area contributed by atoms with E-state index in [9.17, 15) is 9.90 Å². The molecule has 0 unspecified atom stereocenters. The normalized spacial score (nSPS) is 20.0. The number of hydrogen-bond acceptors (Lipinski definition) is 5. The first-order chi connectivity index (χ1) is 14.5. The van der Waals surface area contributed by atoms with Crippen LogP contribution in [0.3, 0.4) is 0 Å². The molecule has 0 bridgehead atoms. The first-order valence-electron chi connectivity index (χ1n) is 9.80. The summed E-state index contributed by atoms with van der Waals surface area (Å²) in [6, 6.07) is 9.89. The number of pyridine rings is 1. The Morgan fingerprint density at radius 2 is 2.17 bits per heavy atom. The van der Waals surface area contributed by atoms with Crippen molar-refractivity contribution in [3.8, 4) is 5.69 Å². The lowest BCUT2D eigenvalue weighted by molar-refractivity contribution is -0.0261. The van der Waals surface area contributed by atoms with Crippen molar-refractivity contribution in [1.29, 1.82) is 0 Å². The van der Waals surface area contributed by atoms with Gasteiger partial charge in [-0.2, -0.15) is 5.10 Å². The third kappa shape index (κ3) is 4.24. The summed E-state index contributed by atoms with van der Waals surface area (Å²) in [7, 11) is 0. The Kier molecular flexibility index (Phi) is 5.87. The number of amides is 1. The molecule has 2 aromatic heterocycles. The van der Waals surface area contributed by atoms with Gasteiger partial charge in [-0.15, -0.1) is 0 Å². The Morgan fingerprint density at radius 1 is 1.37 bits per heavy atom. The average Bonchev–Trinajstić information content (AvgIpc) is 3.30. The quantitative estimate of drug-likeness (QED) is 0.675. The Bertz CT molecular complexity index is 1010. The average molecular weight is 410 g/mol. The molecule has 156 valence electrons. The SMILES string of the molecule is Cc1cnc(C(=O)N[C@H]2CCOC[C@@H]2O)cc1[C@@H](F)c1ccc(-n2cccn2)cc1. The molecule has 1 aromatic carbocycles. The number of nitrogens with zero attached hydrogens (tertiary/aromatic N) is 3. The molecule has 8 heteroatoms. The van der Waals surface area contributed by atoms with Crippen molar-refractivity contribution in [2.24, 2.45) is 0 Å². The summed E-state index contributed by atoms with van der Waals surface area (Å²) >= 11 is 0. The highest BCUT2D eigenvalue weighted by Crippen LogP contribution is 2.29. The number of hydrogen-bond donors (Lipinski definition) is 2. The van der Waals surface area contributed by atoms with E-state index in [0.717, 1.165) is 5.69 Å². The van der Waals surface area contributed by atoms with Gasteiger partial charge in [-0.1, -0.05) is 12.1 Å². The smallest absolute Gasteiger partial charge is 0.270 e. The number of carbonyl (C=O) groups excluding carboxylic acids is 1. The lowest BCUT2D eigenvalue weighted by Gasteiger charge is -2.28. The molecule has 30 heavy (non-hydrogen) atoms. The van der Waals surface area contributed by atoms with E-state index >= 15 is 4.39 Å². The zero-order valence-electron chi connectivity index (χ0n) is 16.5. The summed E-state index contributed by atoms with van der Waals surface area (Å²) in [5.41, 5.74) is 2.46. The van der Waals surface area contributed by atoms with E-state index in [1.165, 1.54) is 12.3 Å². The lowest BCUT2D eigenvalue weighted by atomic mass is 9.98. The van der Waals surface area contributed by atoms with Crippen LogP contribution in [0.4, 0.5) is 4.39 Å². The second-order valence-electron chi connectivity index (χ2n) is 7.34. The molecule has 0 spiro atoms. The number of halogens is 1. The maximum atomic E-state index is 15.3. The van der Waals surface area contributed by atoms with Crippen LogP contribution in [0.5, 0.6) is 0 Å². The first-order valence-corrected chi connectivity index (χ1v) is 9.80. The largest absolute Gasteiger partial charge is 0.389 e. The van der Waals surface area contributed by atoms with Crippen LogP contribution in [0.15, 0.2) is 55.0 Å². The molecule has 0 radical (unpaired) electrons. The number of rotatable bonds is 5. The highest BCUT2D eigenvalue weighted by atomic mass is 19.1. The van der Waals surface area contributed by atoms with Crippen molar-refractivity contribution in [2.45, 2.75) is 31.7 Å². The topological polar surface area (TPSA) is 89.3 Å². The minimum absolute atomic E-state index is 0.116. The second kappa shape index (κ2) is 8.73. The maximum Gasteiger partial charge on any atom is 0.270 e. The standard InChI is InChI=1S/C22H23FN4O3/c1-14-12-24-19(22(29)26-18-7-10-30-13-20(18)28)11-17(14)21(23)15-3-5-16(6-4-15)27-9-2-8-25-27/h2-6,8-9,11-12,18,20-21,28H,7,10,13H2,1H3,(H,26,29)/t18-,20-,21-/m0/s1. The van der Waals surface area contributed by atoms with Crippen LogP contribution >= 0.6 is 0 Å². The van der Waals surface area contributed by atoms with E-state index in [1.54, 1.807) is 42.1 Å². The number of aromatic nitrogens is 3. The van der Waals surface area contributed by atoms with Crippen LogP contribution in [0, 0.1) is 6.92 Å². The van der Waals surface area contributed by atoms with Gasteiger partial charge in [0.15, 0.2) is 6.17 Å². The van der Waals surface area contributed by atoms with E-state index in [1.807, 2.05) is 12.3 Å². The lowest BCUT2D eigenvalue weighted by Crippen LogP contribution is -2.48. The zero-order chi connectivity index (χ0) is 21.1. The van der Waals surface area contributed by atoms with Crippen molar-refractivity contribution in [3.63, 3.8) is 0 Å². The minimum atomic E-state index is -1.40. The summed E-state index contributed by atoms with van der Waals surface area (Å²) in [5.74, 6) is -0.441. The molecule has 1 aliphatic rings. The first kappa shape index (κ1) is 20.2. The molecule has 7 nitrogen and oxygen atoms in total. The molecule has 3 aromatic rings. The minimum Gasteiger partial charge on any atom is -0.389 e. The van der Waals surface area contributed by atoms with Crippen LogP contribution in [-0.2, 0) is 4.74 Å². The predicted octanol–water partition coefficient (Wildman–Crippen LogP) is 2.51. The van der Waals surface area contributed by atoms with Gasteiger partial charge in [0, 0.05) is 25.2 Å². The number of aryl methyl sites for hydroxylation is 1. The number of ether oxygens (including phenoxy) is 1. The highest BCUT2D eigenvalue weighted by Gasteiger charge is 2.26. The van der Waals surface area contributed by atoms with Crippen molar-refractivity contribution in [2.75, 3.05) is 13.2 Å². The molecule has 1 amide bonds. The van der Waals surface area contributed by atoms with Gasteiger partial charge in [-0.05, 0) is 54.3 Å². The number of carbonyl (C=O) groups is 1. The van der Waals surface area contributed by atoms with Gasteiger partial charge >= 0.3 is 0 Å². The van der Waals surface area contributed by atoms with Gasteiger partial charge in [-0.3, -0.25) is 9.78 Å². The summed E-state index contributed by atoms with van der Waals surface area (Å²) in [4.78, 5) is 16.7. The molecule has 0 aliphatic carbocycles. The molecule has 0 saturated carbocycles. The second-order valence-corrected chi connectivity index (χ2v) is 7.34. The van der Waals surface area contributed by atoms with Crippen molar-refractivity contribution >= 4 is 5.91 Å². The van der Waals surface area contributed by atoms with Crippen LogP contribution < -0.4 is 5.32 Å². The van der Waals surface area contributed by atoms with Crippen molar-refractivity contribution < 1.29 is 19.0 Å². The Balaban J connectivity index is 1.53. The van der Waals surface area contributed by atoms with E-state index in [-0.39, 0.29) is 12.3 Å². The van der Waals surface area contributed by atoms with Gasteiger partial charge < -0.3 is 15.2 Å². The summed E-state index contributed by atoms with van der Waals surface area (Å²) in [5, 5.41) is 16.9. The van der Waals surface area contributed by atoms with Gasteiger partial charge in [0.1, 0.15) is 5.69 Å². The van der Waals surface area contributed by atoms with Crippen LogP contribution in [0.25, 0.3) is 5.69 Å². The van der Waals surface area contributed by atoms with E-state index in [0.29, 0.717) is 29.7 Å². The number of alkyl halides is 1. The Labute approximate surface area is 173 Å². The zero-order valence-corrected chi connectivity index (χ0v) is 16.5. The number of aliphatic hydroxyl groups is 1. The molecule has 1 fully saturated rings. The van der Waals surface area contributed by atoms with E-state index in [2.05, 4.69) is 15.4 Å². The van der Waals surface area contributed by atoms with Crippen molar-refractivity contribution in [3.05, 3.63) is 77.4 Å². The summed E-state index contributed by atoms with van der Waals surface area (Å²) in [6.45, 7) is 2.41. The van der Waals surface area contributed by atoms with Crippen LogP contribution in [-0.4, -0.2) is 51.1 Å². The summed E-state index contributed by atoms with van der Waals surface area (Å²) < 4.78 is 22.2. The number of benzene rings is 1. The van der Waals surface area contributed by atoms with E-state index < -0.39 is 24.2 Å². The number of nitrogens with one attached hydrogen (secondary N) is 1. The molecule has 4 rings (SSSR count). The Morgan fingerprint density at radius 3 is 2.87 bits per heavy atom. The molecule has 1 saturated heterocycles. The molecule has 1 aliphatic heterocycles. The fourth-order valence-corrected chi connectivity index (χ4v) is 3.47. The molecule has 3 atom stereocenters. The van der Waals surface area contributed by atoms with Crippen LogP contribution in [0.1, 0.15) is 39.8 Å². The van der Waals surface area contributed by atoms with Gasteiger partial charge in [-0.25, -0.2) is 9.07 Å². The summed E-state index contributed by atoms with van der Waals surface area (Å²) in [6.07, 6.45) is 3.33. The molecular weight excluding hydrogens is 387 g/mol. The third-order valence-electron chi connectivity index (χ3n) is 5.25. The number of aliphatic hydroxyl groups excluding tert-OH is 1. The molecular formula is C22H23FN4O3. The molecule has 3 heterocycles. The van der Waals surface area contributed by atoms with Crippen molar-refractivity contribution in [1.82, 2.24) is 20.1 Å². The van der Waals surface area contributed by atoms with E-state index in [4.69, 9.17) is 4.74 Å². The highest BCUT2D eigenvalue weighted by molar-refractivity contribution is 5.92. The van der Waals surface area contributed by atoms with Gasteiger partial charge in [0.2, 0.25) is 0 Å². The fraction of sp³-hybridized carbons (Fsp3) is 0.318. The monoisotopic (exact) mass is 410 g/mol. The predicted molar refractivity (Wildman–Crippen MR) is 108 cm³/mol. The van der Waals surface area contributed by atoms with Gasteiger partial charge in [0.05, 0.1) is 24.4 Å². The fourth-order valence-electron chi connectivity index (χ4n) is 3.47. The third-order valence-corrected chi connectivity index (χ3v) is 5.25. The Hall–Kier alpha value is -3.10. The van der Waals surface area contributed by atoms with Crippen LogP contribution in [0.2, 0.25) is 0 Å². The maximum absolute atomic E-state index is 15.3. The van der Waals surface area contributed by atoms with Gasteiger partial charge in [0.25, 0.3) is 5.91 Å². The molecule has 2 N–H and O–H groups in total.